The maximum atomic E-state index is 5.27. The topological polar surface area (TPSA) is 39.2 Å². The fourth-order valence-electron chi connectivity index (χ4n) is 0.461. The van der Waals surface area contributed by atoms with Gasteiger partial charge < -0.3 is 10.2 Å². The molecule has 0 spiro atoms. The van der Waals surface area contributed by atoms with Gasteiger partial charge in [0.05, 0.1) is 6.54 Å². The highest BCUT2D eigenvalue weighted by molar-refractivity contribution is 14.1. The van der Waals surface area contributed by atoms with E-state index in [-0.39, 0.29) is 0 Å². The van der Waals surface area contributed by atoms with Crippen LogP contribution in [0.1, 0.15) is 5.76 Å². The van der Waals surface area contributed by atoms with Gasteiger partial charge in [-0.25, -0.2) is 0 Å². The molecule has 0 aromatic carbocycles. The van der Waals surface area contributed by atoms with Gasteiger partial charge in [0.25, 0.3) is 0 Å². The molecule has 0 saturated carbocycles. The van der Waals surface area contributed by atoms with E-state index in [2.05, 4.69) is 22.6 Å². The second-order valence-electron chi connectivity index (χ2n) is 1.41. The van der Waals surface area contributed by atoms with Gasteiger partial charge >= 0.3 is 0 Å². The van der Waals surface area contributed by atoms with E-state index in [4.69, 9.17) is 10.2 Å². The molecule has 1 rings (SSSR count). The molecule has 0 bridgehead atoms. The Kier molecular flexibility index (Phi) is 1.90. The highest BCUT2D eigenvalue weighted by Crippen LogP contribution is 2.08. The lowest BCUT2D eigenvalue weighted by atomic mass is 10.5. The van der Waals surface area contributed by atoms with E-state index in [0.717, 1.165) is 9.53 Å². The second kappa shape index (κ2) is 2.50. The number of nitrogens with two attached hydrogens (primary N) is 1. The molecule has 1 heterocycles. The zero-order valence-corrected chi connectivity index (χ0v) is 6.38. The summed E-state index contributed by atoms with van der Waals surface area (Å²) in [4.78, 5) is 0. The summed E-state index contributed by atoms with van der Waals surface area (Å²) in [6, 6.07) is 3.77. The van der Waals surface area contributed by atoms with Gasteiger partial charge in [0.2, 0.25) is 0 Å². The average Bonchev–Trinajstić information content (AvgIpc) is 2.14. The van der Waals surface area contributed by atoms with Crippen molar-refractivity contribution < 1.29 is 4.42 Å². The molecular formula is C5H6INO. The zero-order valence-electron chi connectivity index (χ0n) is 4.23. The molecule has 0 unspecified atom stereocenters. The molecule has 44 valence electrons. The van der Waals surface area contributed by atoms with Crippen molar-refractivity contribution in [3.05, 3.63) is 21.7 Å². The van der Waals surface area contributed by atoms with Gasteiger partial charge in [-0.2, -0.15) is 0 Å². The average molecular weight is 223 g/mol. The first-order chi connectivity index (χ1) is 3.83. The van der Waals surface area contributed by atoms with Gasteiger partial charge in [-0.15, -0.1) is 0 Å². The highest BCUT2D eigenvalue weighted by Gasteiger charge is 1.92. The smallest absolute Gasteiger partial charge is 0.164 e. The monoisotopic (exact) mass is 223 g/mol. The summed E-state index contributed by atoms with van der Waals surface area (Å²) in [7, 11) is 0. The standard InChI is InChI=1S/C5H6INO/c6-5-2-1-4(3-7)8-5/h1-2H,3,7H2. The summed E-state index contributed by atoms with van der Waals surface area (Å²) in [6.07, 6.45) is 0. The number of furan rings is 1. The van der Waals surface area contributed by atoms with Crippen LogP contribution in [-0.4, -0.2) is 0 Å². The van der Waals surface area contributed by atoms with Crippen LogP contribution in [0.15, 0.2) is 16.5 Å². The minimum atomic E-state index is 0.489. The molecule has 0 amide bonds. The summed E-state index contributed by atoms with van der Waals surface area (Å²) >= 11 is 2.10. The van der Waals surface area contributed by atoms with Crippen molar-refractivity contribution in [2.75, 3.05) is 0 Å². The molecule has 8 heavy (non-hydrogen) atoms. The molecule has 0 radical (unpaired) electrons. The third-order valence-electron chi connectivity index (χ3n) is 0.830. The van der Waals surface area contributed by atoms with Gasteiger partial charge in [-0.1, -0.05) is 0 Å². The van der Waals surface area contributed by atoms with Gasteiger partial charge in [0.1, 0.15) is 5.76 Å². The minimum absolute atomic E-state index is 0.489. The zero-order chi connectivity index (χ0) is 5.98. The van der Waals surface area contributed by atoms with Crippen LogP contribution in [0, 0.1) is 3.77 Å². The number of hydrogen-bond donors (Lipinski definition) is 1. The predicted octanol–water partition coefficient (Wildman–Crippen LogP) is 1.34. The molecule has 2 nitrogen and oxygen atoms in total. The molecule has 2 N–H and O–H groups in total. The number of rotatable bonds is 1. The summed E-state index contributed by atoms with van der Waals surface area (Å²) in [5.74, 6) is 0.842. The van der Waals surface area contributed by atoms with E-state index >= 15 is 0 Å². The first-order valence-corrected chi connectivity index (χ1v) is 3.35. The Hall–Kier alpha value is -0.0300. The van der Waals surface area contributed by atoms with Gasteiger partial charge in [0, 0.05) is 0 Å². The first kappa shape index (κ1) is 6.10. The number of halogens is 1. The Labute approximate surface area is 61.2 Å². The molecule has 1 aromatic heterocycles. The molecule has 0 saturated heterocycles. The molecule has 3 heteroatoms. The van der Waals surface area contributed by atoms with Gasteiger partial charge in [0.15, 0.2) is 3.77 Å². The van der Waals surface area contributed by atoms with Crippen molar-refractivity contribution in [1.29, 1.82) is 0 Å². The van der Waals surface area contributed by atoms with Gasteiger partial charge in [-0.05, 0) is 34.7 Å². The first-order valence-electron chi connectivity index (χ1n) is 2.27. The quantitative estimate of drug-likeness (QED) is 0.729. The number of hydrogen-bond acceptors (Lipinski definition) is 2. The summed E-state index contributed by atoms with van der Waals surface area (Å²) in [5.41, 5.74) is 5.27. The van der Waals surface area contributed by atoms with E-state index in [0.29, 0.717) is 6.54 Å². The Morgan fingerprint density at radius 1 is 1.62 bits per heavy atom. The molecule has 0 aliphatic carbocycles. The van der Waals surface area contributed by atoms with E-state index < -0.39 is 0 Å². The lowest BCUT2D eigenvalue weighted by Crippen LogP contribution is -1.92. The second-order valence-corrected chi connectivity index (χ2v) is 2.47. The maximum absolute atomic E-state index is 5.27. The van der Waals surface area contributed by atoms with Crippen molar-refractivity contribution in [3.63, 3.8) is 0 Å². The molecule has 1 aromatic rings. The summed E-state index contributed by atoms with van der Waals surface area (Å²) in [6.45, 7) is 0.489. The summed E-state index contributed by atoms with van der Waals surface area (Å²) in [5, 5.41) is 0. The molecular weight excluding hydrogens is 217 g/mol. The Morgan fingerprint density at radius 2 is 2.38 bits per heavy atom. The van der Waals surface area contributed by atoms with Crippen molar-refractivity contribution in [2.24, 2.45) is 5.73 Å². The third-order valence-corrected chi connectivity index (χ3v) is 1.41. The molecule has 0 aliphatic heterocycles. The largest absolute Gasteiger partial charge is 0.454 e. The third kappa shape index (κ3) is 1.23. The van der Waals surface area contributed by atoms with Crippen LogP contribution in [0.25, 0.3) is 0 Å². The van der Waals surface area contributed by atoms with E-state index in [9.17, 15) is 0 Å². The summed E-state index contributed by atoms with van der Waals surface area (Å²) < 4.78 is 5.99. The fourth-order valence-corrected chi connectivity index (χ4v) is 0.924. The lowest BCUT2D eigenvalue weighted by molar-refractivity contribution is 0.488. The van der Waals surface area contributed by atoms with Gasteiger partial charge in [-0.3, -0.25) is 0 Å². The highest BCUT2D eigenvalue weighted by atomic mass is 127. The van der Waals surface area contributed by atoms with Crippen LogP contribution in [-0.2, 0) is 6.54 Å². The van der Waals surface area contributed by atoms with Crippen LogP contribution in [0.3, 0.4) is 0 Å². The SMILES string of the molecule is NCc1ccc(I)o1. The van der Waals surface area contributed by atoms with Crippen molar-refractivity contribution in [3.8, 4) is 0 Å². The fraction of sp³-hybridized carbons (Fsp3) is 0.200. The van der Waals surface area contributed by atoms with Crippen LogP contribution in [0.2, 0.25) is 0 Å². The van der Waals surface area contributed by atoms with E-state index in [1.807, 2.05) is 12.1 Å². The maximum Gasteiger partial charge on any atom is 0.164 e. The Morgan fingerprint density at radius 3 is 2.62 bits per heavy atom. The Bertz CT molecular complexity index is 173. The van der Waals surface area contributed by atoms with E-state index in [1.54, 1.807) is 0 Å². The predicted molar refractivity (Wildman–Crippen MR) is 39.3 cm³/mol. The van der Waals surface area contributed by atoms with Crippen molar-refractivity contribution in [1.82, 2.24) is 0 Å². The normalized spacial score (nSPS) is 9.75. The van der Waals surface area contributed by atoms with Crippen LogP contribution >= 0.6 is 22.6 Å². The molecule has 0 aliphatic rings. The van der Waals surface area contributed by atoms with Crippen molar-refractivity contribution >= 4 is 22.6 Å². The minimum Gasteiger partial charge on any atom is -0.454 e. The lowest BCUT2D eigenvalue weighted by Gasteiger charge is -1.82. The molecule has 0 fully saturated rings. The molecule has 0 atom stereocenters. The van der Waals surface area contributed by atoms with Crippen molar-refractivity contribution in [2.45, 2.75) is 6.54 Å². The van der Waals surface area contributed by atoms with Crippen LogP contribution in [0.4, 0.5) is 0 Å². The Balaban J connectivity index is 2.84. The van der Waals surface area contributed by atoms with Crippen LogP contribution < -0.4 is 5.73 Å². The van der Waals surface area contributed by atoms with E-state index in [1.165, 1.54) is 0 Å². The van der Waals surface area contributed by atoms with Crippen LogP contribution in [0.5, 0.6) is 0 Å².